The zero-order valence-corrected chi connectivity index (χ0v) is 10.2. The molecule has 19 heavy (non-hydrogen) atoms. The van der Waals surface area contributed by atoms with Crippen LogP contribution in [0.3, 0.4) is 0 Å². The van der Waals surface area contributed by atoms with Crippen LogP contribution < -0.4 is 10.9 Å². The van der Waals surface area contributed by atoms with E-state index in [-0.39, 0.29) is 0 Å². The third-order valence-electron chi connectivity index (χ3n) is 2.52. The molecule has 1 aromatic rings. The van der Waals surface area contributed by atoms with Crippen molar-refractivity contribution in [3.8, 4) is 0 Å². The van der Waals surface area contributed by atoms with Gasteiger partial charge in [0.1, 0.15) is 12.2 Å². The molecule has 7 heteroatoms. The molecule has 3 atom stereocenters. The second kappa shape index (κ2) is 7.82. The van der Waals surface area contributed by atoms with E-state index in [0.29, 0.717) is 6.54 Å². The molecule has 0 aromatic heterocycles. The molecule has 0 aliphatic carbocycles. The van der Waals surface area contributed by atoms with Gasteiger partial charge in [0.2, 0.25) is 0 Å². The van der Waals surface area contributed by atoms with Crippen LogP contribution in [0, 0.1) is 0 Å². The van der Waals surface area contributed by atoms with Crippen LogP contribution in [0.4, 0.5) is 0 Å². The summed E-state index contributed by atoms with van der Waals surface area (Å²) >= 11 is 0. The van der Waals surface area contributed by atoms with E-state index < -0.39 is 30.8 Å². The Morgan fingerprint density at radius 2 is 1.79 bits per heavy atom. The second-order valence-corrected chi connectivity index (χ2v) is 4.01. The Morgan fingerprint density at radius 1 is 1.16 bits per heavy atom. The second-order valence-electron chi connectivity index (χ2n) is 4.01. The molecule has 6 N–H and O–H groups in total. The molecule has 0 saturated heterocycles. The summed E-state index contributed by atoms with van der Waals surface area (Å²) in [6, 6.07) is 9.24. The molecule has 1 amide bonds. The average molecular weight is 270 g/mol. The molecule has 0 saturated carbocycles. The van der Waals surface area contributed by atoms with E-state index in [1.54, 1.807) is 0 Å². The Balaban J connectivity index is 2.35. The lowest BCUT2D eigenvalue weighted by Crippen LogP contribution is -2.51. The normalized spacial score (nSPS) is 15.6. The highest BCUT2D eigenvalue weighted by Gasteiger charge is 2.29. The molecular formula is C12H18N2O5. The molecule has 1 rings (SSSR count). The van der Waals surface area contributed by atoms with Crippen molar-refractivity contribution < 1.29 is 25.2 Å². The number of hydrazine groups is 1. The summed E-state index contributed by atoms with van der Waals surface area (Å²) in [5, 5.41) is 36.4. The van der Waals surface area contributed by atoms with Gasteiger partial charge in [-0.1, -0.05) is 30.3 Å². The van der Waals surface area contributed by atoms with Crippen molar-refractivity contribution in [1.29, 1.82) is 0 Å². The van der Waals surface area contributed by atoms with E-state index in [9.17, 15) is 15.0 Å². The molecule has 1 aromatic carbocycles. The Hall–Kier alpha value is -1.51. The van der Waals surface area contributed by atoms with Gasteiger partial charge in [0, 0.05) is 6.54 Å². The van der Waals surface area contributed by atoms with Gasteiger partial charge in [-0.2, -0.15) is 0 Å². The van der Waals surface area contributed by atoms with Crippen LogP contribution in [0.25, 0.3) is 0 Å². The monoisotopic (exact) mass is 270 g/mol. The van der Waals surface area contributed by atoms with E-state index in [4.69, 9.17) is 10.2 Å². The van der Waals surface area contributed by atoms with Crippen LogP contribution in [0.2, 0.25) is 0 Å². The number of hydrogen-bond donors (Lipinski definition) is 6. The fourth-order valence-electron chi connectivity index (χ4n) is 1.38. The summed E-state index contributed by atoms with van der Waals surface area (Å²) in [7, 11) is 0. The van der Waals surface area contributed by atoms with Gasteiger partial charge >= 0.3 is 0 Å². The minimum absolute atomic E-state index is 0.345. The SMILES string of the molecule is O=C(NNCc1ccccc1)[C@H](O)[C@@H](O)[C@H](O)CO. The molecule has 0 aliphatic rings. The van der Waals surface area contributed by atoms with Crippen molar-refractivity contribution in [2.75, 3.05) is 6.61 Å². The molecule has 0 bridgehead atoms. The van der Waals surface area contributed by atoms with E-state index in [0.717, 1.165) is 5.56 Å². The fraction of sp³-hybridized carbons (Fsp3) is 0.417. The van der Waals surface area contributed by atoms with E-state index >= 15 is 0 Å². The van der Waals surface area contributed by atoms with E-state index in [2.05, 4.69) is 10.9 Å². The van der Waals surface area contributed by atoms with Crippen molar-refractivity contribution in [3.63, 3.8) is 0 Å². The van der Waals surface area contributed by atoms with Crippen LogP contribution in [0.1, 0.15) is 5.56 Å². The summed E-state index contributed by atoms with van der Waals surface area (Å²) in [5.41, 5.74) is 5.70. The lowest BCUT2D eigenvalue weighted by Gasteiger charge is -2.20. The number of amides is 1. The molecule has 0 unspecified atom stereocenters. The smallest absolute Gasteiger partial charge is 0.265 e. The number of carbonyl (C=O) groups is 1. The van der Waals surface area contributed by atoms with Crippen molar-refractivity contribution in [3.05, 3.63) is 35.9 Å². The van der Waals surface area contributed by atoms with E-state index in [1.165, 1.54) is 0 Å². The highest BCUT2D eigenvalue weighted by atomic mass is 16.4. The third kappa shape index (κ3) is 4.93. The maximum absolute atomic E-state index is 11.4. The summed E-state index contributed by atoms with van der Waals surface area (Å²) in [5.74, 6) is -0.893. The highest BCUT2D eigenvalue weighted by Crippen LogP contribution is 2.00. The van der Waals surface area contributed by atoms with Crippen molar-refractivity contribution >= 4 is 5.91 Å². The zero-order valence-electron chi connectivity index (χ0n) is 10.2. The van der Waals surface area contributed by atoms with Crippen molar-refractivity contribution in [1.82, 2.24) is 10.9 Å². The number of aliphatic hydroxyl groups is 4. The van der Waals surface area contributed by atoms with Crippen LogP contribution in [-0.4, -0.2) is 51.3 Å². The first-order valence-corrected chi connectivity index (χ1v) is 5.78. The number of nitrogens with one attached hydrogen (secondary N) is 2. The molecule has 0 fully saturated rings. The molecule has 0 radical (unpaired) electrons. The molecule has 7 nitrogen and oxygen atoms in total. The number of hydrogen-bond acceptors (Lipinski definition) is 6. The molecular weight excluding hydrogens is 252 g/mol. The quantitative estimate of drug-likeness (QED) is 0.315. The highest BCUT2D eigenvalue weighted by molar-refractivity contribution is 5.80. The number of rotatable bonds is 7. The first kappa shape index (κ1) is 15.5. The summed E-state index contributed by atoms with van der Waals surface area (Å²) in [4.78, 5) is 11.4. The lowest BCUT2D eigenvalue weighted by molar-refractivity contribution is -0.143. The molecule has 0 heterocycles. The molecule has 0 spiro atoms. The molecule has 106 valence electrons. The van der Waals surface area contributed by atoms with Crippen LogP contribution in [-0.2, 0) is 11.3 Å². The van der Waals surface area contributed by atoms with Gasteiger partial charge in [0.25, 0.3) is 5.91 Å². The Labute approximate surface area is 110 Å². The van der Waals surface area contributed by atoms with E-state index in [1.807, 2.05) is 30.3 Å². The van der Waals surface area contributed by atoms with Gasteiger partial charge in [-0.15, -0.1) is 0 Å². The first-order chi connectivity index (χ1) is 9.06. The number of benzene rings is 1. The number of carbonyl (C=O) groups excluding carboxylic acids is 1. The predicted octanol–water partition coefficient (Wildman–Crippen LogP) is -2.12. The van der Waals surface area contributed by atoms with Gasteiger partial charge in [-0.3, -0.25) is 10.2 Å². The minimum Gasteiger partial charge on any atom is -0.394 e. The van der Waals surface area contributed by atoms with Crippen LogP contribution in [0.5, 0.6) is 0 Å². The van der Waals surface area contributed by atoms with Gasteiger partial charge in [0.15, 0.2) is 6.10 Å². The van der Waals surface area contributed by atoms with Gasteiger partial charge in [0.05, 0.1) is 6.61 Å². The van der Waals surface area contributed by atoms with Crippen LogP contribution >= 0.6 is 0 Å². The first-order valence-electron chi connectivity index (χ1n) is 5.78. The van der Waals surface area contributed by atoms with Crippen molar-refractivity contribution in [2.24, 2.45) is 0 Å². The van der Waals surface area contributed by atoms with Crippen LogP contribution in [0.15, 0.2) is 30.3 Å². The van der Waals surface area contributed by atoms with Gasteiger partial charge in [-0.05, 0) is 5.56 Å². The standard InChI is InChI=1S/C12H18N2O5/c15-7-9(16)10(17)11(18)12(19)14-13-6-8-4-2-1-3-5-8/h1-5,9-11,13,15-18H,6-7H2,(H,14,19)/t9-,10+,11-/m1/s1. The summed E-state index contributed by atoms with van der Waals surface area (Å²) in [6.45, 7) is -0.402. The molecule has 0 aliphatic heterocycles. The largest absolute Gasteiger partial charge is 0.394 e. The number of aliphatic hydroxyl groups excluding tert-OH is 4. The lowest BCUT2D eigenvalue weighted by atomic mass is 10.1. The Kier molecular flexibility index (Phi) is 6.40. The summed E-state index contributed by atoms with van der Waals surface area (Å²) < 4.78 is 0. The predicted molar refractivity (Wildman–Crippen MR) is 66.5 cm³/mol. The van der Waals surface area contributed by atoms with Crippen molar-refractivity contribution in [2.45, 2.75) is 24.9 Å². The summed E-state index contributed by atoms with van der Waals surface area (Å²) in [6.07, 6.45) is -5.15. The third-order valence-corrected chi connectivity index (χ3v) is 2.52. The van der Waals surface area contributed by atoms with Gasteiger partial charge < -0.3 is 20.4 Å². The Morgan fingerprint density at radius 3 is 2.37 bits per heavy atom. The maximum atomic E-state index is 11.4. The minimum atomic E-state index is -1.83. The zero-order chi connectivity index (χ0) is 14.3. The van der Waals surface area contributed by atoms with Gasteiger partial charge in [-0.25, -0.2) is 5.43 Å². The average Bonchev–Trinajstić information content (AvgIpc) is 2.45. The fourth-order valence-corrected chi connectivity index (χ4v) is 1.38. The Bertz CT molecular complexity index is 387. The maximum Gasteiger partial charge on any atom is 0.265 e. The topological polar surface area (TPSA) is 122 Å².